The molecule has 1 aromatic rings. The lowest BCUT2D eigenvalue weighted by Gasteiger charge is -2.24. The quantitative estimate of drug-likeness (QED) is 0.558. The fourth-order valence-electron chi connectivity index (χ4n) is 1.08. The van der Waals surface area contributed by atoms with Gasteiger partial charge in [0.15, 0.2) is 4.33 Å². The van der Waals surface area contributed by atoms with Crippen molar-refractivity contribution in [3.8, 4) is 0 Å². The van der Waals surface area contributed by atoms with Crippen molar-refractivity contribution in [3.63, 3.8) is 0 Å². The summed E-state index contributed by atoms with van der Waals surface area (Å²) in [6.45, 7) is 1.94. The summed E-state index contributed by atoms with van der Waals surface area (Å²) >= 11 is 18.0. The van der Waals surface area contributed by atoms with E-state index >= 15 is 0 Å². The molecule has 0 aromatic heterocycles. The molecule has 0 spiro atoms. The Bertz CT molecular complexity index is 297. The SMILES string of the molecule is Cc1ccccc1C(Cl)(Cl)C([Si])Cl. The molecule has 0 N–H and O–H groups in total. The zero-order chi connectivity index (χ0) is 10.1. The van der Waals surface area contributed by atoms with Gasteiger partial charge in [-0.1, -0.05) is 47.5 Å². The fraction of sp³-hybridized carbons (Fsp3) is 0.333. The highest BCUT2D eigenvalue weighted by Crippen LogP contribution is 2.40. The molecule has 0 saturated heterocycles. The van der Waals surface area contributed by atoms with Crippen LogP contribution in [-0.2, 0) is 4.33 Å². The summed E-state index contributed by atoms with van der Waals surface area (Å²) in [4.78, 5) is 0. The zero-order valence-corrected chi connectivity index (χ0v) is 10.3. The lowest BCUT2D eigenvalue weighted by Crippen LogP contribution is -2.25. The molecule has 13 heavy (non-hydrogen) atoms. The second-order valence-corrected chi connectivity index (χ2v) is 5.57. The van der Waals surface area contributed by atoms with Crippen LogP contribution in [0.3, 0.4) is 0 Å². The Kier molecular flexibility index (Phi) is 3.70. The molecule has 0 heterocycles. The van der Waals surface area contributed by atoms with Crippen LogP contribution in [0, 0.1) is 6.92 Å². The van der Waals surface area contributed by atoms with E-state index in [4.69, 9.17) is 34.8 Å². The Labute approximate surface area is 96.6 Å². The lowest BCUT2D eigenvalue weighted by molar-refractivity contribution is 0.919. The lowest BCUT2D eigenvalue weighted by atomic mass is 10.1. The molecule has 0 amide bonds. The van der Waals surface area contributed by atoms with Crippen LogP contribution in [0.1, 0.15) is 11.1 Å². The maximum absolute atomic E-state index is 6.09. The first-order valence-corrected chi connectivity index (χ1v) is 5.52. The molecule has 0 bridgehead atoms. The van der Waals surface area contributed by atoms with Crippen LogP contribution >= 0.6 is 34.8 Å². The number of halogens is 3. The Morgan fingerprint density at radius 3 is 2.31 bits per heavy atom. The minimum Gasteiger partial charge on any atom is -0.124 e. The Morgan fingerprint density at radius 2 is 1.85 bits per heavy atom. The molecular weight excluding hydrogens is 243 g/mol. The van der Waals surface area contributed by atoms with E-state index in [1.807, 2.05) is 31.2 Å². The van der Waals surface area contributed by atoms with Gasteiger partial charge in [-0.25, -0.2) is 0 Å². The second-order valence-electron chi connectivity index (χ2n) is 2.80. The van der Waals surface area contributed by atoms with E-state index in [9.17, 15) is 0 Å². The van der Waals surface area contributed by atoms with Crippen LogP contribution in [0.15, 0.2) is 24.3 Å². The van der Waals surface area contributed by atoms with Crippen LogP contribution in [0.2, 0.25) is 0 Å². The molecule has 1 aromatic carbocycles. The average Bonchev–Trinajstić information content (AvgIpc) is 2.04. The highest BCUT2D eigenvalue weighted by atomic mass is 35.5. The zero-order valence-electron chi connectivity index (χ0n) is 7.02. The molecule has 69 valence electrons. The second kappa shape index (κ2) is 4.22. The van der Waals surface area contributed by atoms with Gasteiger partial charge >= 0.3 is 0 Å². The molecule has 4 heteroatoms. The van der Waals surface area contributed by atoms with Crippen molar-refractivity contribution in [2.45, 2.75) is 16.3 Å². The Hall–Kier alpha value is 0.307. The molecule has 0 aliphatic heterocycles. The summed E-state index contributed by atoms with van der Waals surface area (Å²) in [6.07, 6.45) is 0. The summed E-state index contributed by atoms with van der Waals surface area (Å²) < 4.78 is -1.09. The van der Waals surface area contributed by atoms with E-state index in [0.29, 0.717) is 0 Å². The average molecular weight is 251 g/mol. The summed E-state index contributed by atoms with van der Waals surface area (Å²) in [5.74, 6) is 0. The van der Waals surface area contributed by atoms with Gasteiger partial charge in [0.05, 0.1) is 15.2 Å². The summed E-state index contributed by atoms with van der Waals surface area (Å²) in [7, 11) is 3.22. The first kappa shape index (κ1) is 11.4. The van der Waals surface area contributed by atoms with Crippen molar-refractivity contribution in [2.24, 2.45) is 0 Å². The molecule has 0 aliphatic carbocycles. The van der Waals surface area contributed by atoms with Gasteiger partial charge in [0.2, 0.25) is 0 Å². The third kappa shape index (κ3) is 2.41. The standard InChI is InChI=1S/C9H8Cl3Si/c1-6-4-2-3-5-7(6)9(11,12)8(10)13/h2-5,8H,1H3. The molecular formula is C9H8Cl3Si. The molecule has 3 radical (unpaired) electrons. The van der Waals surface area contributed by atoms with Crippen LogP contribution in [0.25, 0.3) is 0 Å². The number of benzene rings is 1. The van der Waals surface area contributed by atoms with Crippen molar-refractivity contribution in [1.29, 1.82) is 0 Å². The van der Waals surface area contributed by atoms with E-state index in [2.05, 4.69) is 10.2 Å². The molecule has 0 saturated carbocycles. The van der Waals surface area contributed by atoms with Crippen molar-refractivity contribution >= 4 is 45.0 Å². The van der Waals surface area contributed by atoms with Gasteiger partial charge in [0.1, 0.15) is 0 Å². The highest BCUT2D eigenvalue weighted by molar-refractivity contribution is 6.57. The van der Waals surface area contributed by atoms with E-state index in [1.165, 1.54) is 0 Å². The number of hydrogen-bond donors (Lipinski definition) is 0. The largest absolute Gasteiger partial charge is 0.156 e. The Balaban J connectivity index is 3.14. The predicted octanol–water partition coefficient (Wildman–Crippen LogP) is 3.36. The van der Waals surface area contributed by atoms with Gasteiger partial charge in [-0.05, 0) is 18.1 Å². The van der Waals surface area contributed by atoms with Gasteiger partial charge < -0.3 is 0 Å². The molecule has 0 aliphatic rings. The number of rotatable bonds is 2. The van der Waals surface area contributed by atoms with Gasteiger partial charge in [-0.2, -0.15) is 0 Å². The molecule has 1 rings (SSSR count). The van der Waals surface area contributed by atoms with E-state index in [0.717, 1.165) is 11.1 Å². The topological polar surface area (TPSA) is 0 Å². The van der Waals surface area contributed by atoms with E-state index < -0.39 is 9.33 Å². The van der Waals surface area contributed by atoms with E-state index in [1.54, 1.807) is 0 Å². The van der Waals surface area contributed by atoms with Gasteiger partial charge in [0, 0.05) is 0 Å². The van der Waals surface area contributed by atoms with Crippen LogP contribution < -0.4 is 0 Å². The highest BCUT2D eigenvalue weighted by Gasteiger charge is 2.33. The number of alkyl halides is 3. The van der Waals surface area contributed by atoms with E-state index in [-0.39, 0.29) is 0 Å². The summed E-state index contributed by atoms with van der Waals surface area (Å²) in [5.41, 5.74) is 1.85. The predicted molar refractivity (Wildman–Crippen MR) is 60.0 cm³/mol. The van der Waals surface area contributed by atoms with Crippen molar-refractivity contribution in [1.82, 2.24) is 0 Å². The first-order chi connectivity index (χ1) is 5.96. The molecule has 1 atom stereocenters. The maximum Gasteiger partial charge on any atom is 0.156 e. The molecule has 0 nitrogen and oxygen atoms in total. The van der Waals surface area contributed by atoms with Gasteiger partial charge in [0.25, 0.3) is 0 Å². The normalized spacial score (nSPS) is 14.2. The molecule has 0 fully saturated rings. The van der Waals surface area contributed by atoms with Gasteiger partial charge in [-0.15, -0.1) is 11.6 Å². The summed E-state index contributed by atoms with van der Waals surface area (Å²) in [6, 6.07) is 7.62. The number of aryl methyl sites for hydroxylation is 1. The minimum atomic E-state index is -1.09. The minimum absolute atomic E-state index is 0.517. The third-order valence-electron chi connectivity index (χ3n) is 1.82. The number of hydrogen-bond acceptors (Lipinski definition) is 0. The summed E-state index contributed by atoms with van der Waals surface area (Å²) in [5, 5.41) is -0.517. The van der Waals surface area contributed by atoms with Gasteiger partial charge in [-0.3, -0.25) is 0 Å². The third-order valence-corrected chi connectivity index (χ3v) is 4.02. The monoisotopic (exact) mass is 249 g/mol. The van der Waals surface area contributed by atoms with Crippen LogP contribution in [0.4, 0.5) is 0 Å². The smallest absolute Gasteiger partial charge is 0.124 e. The van der Waals surface area contributed by atoms with Crippen molar-refractivity contribution in [3.05, 3.63) is 35.4 Å². The Morgan fingerprint density at radius 1 is 1.31 bits per heavy atom. The van der Waals surface area contributed by atoms with Crippen LogP contribution in [-0.4, -0.2) is 15.2 Å². The van der Waals surface area contributed by atoms with Crippen LogP contribution in [0.5, 0.6) is 0 Å². The fourth-order valence-corrected chi connectivity index (χ4v) is 1.78. The first-order valence-electron chi connectivity index (χ1n) is 3.75. The maximum atomic E-state index is 6.09. The van der Waals surface area contributed by atoms with Crippen molar-refractivity contribution < 1.29 is 0 Å². The molecule has 1 unspecified atom stereocenters. The van der Waals surface area contributed by atoms with Crippen molar-refractivity contribution in [2.75, 3.05) is 0 Å².